The Hall–Kier alpha value is -4.01. The first-order valence-electron chi connectivity index (χ1n) is 9.61. The van der Waals surface area contributed by atoms with Crippen LogP contribution in [0, 0.1) is 0 Å². The topological polar surface area (TPSA) is 134 Å². The van der Waals surface area contributed by atoms with E-state index in [9.17, 15) is 19.5 Å². The van der Waals surface area contributed by atoms with Crippen LogP contribution in [0.3, 0.4) is 0 Å². The number of aliphatic carboxylic acids is 1. The first-order valence-corrected chi connectivity index (χ1v) is 9.61. The number of carboxylic acid groups (broad SMARTS) is 1. The molecule has 2 heterocycles. The third-order valence-corrected chi connectivity index (χ3v) is 4.63. The van der Waals surface area contributed by atoms with Crippen LogP contribution in [0.5, 0.6) is 5.75 Å². The van der Waals surface area contributed by atoms with Gasteiger partial charge in [0.2, 0.25) is 0 Å². The van der Waals surface area contributed by atoms with Crippen molar-refractivity contribution in [1.29, 1.82) is 0 Å². The van der Waals surface area contributed by atoms with Gasteiger partial charge in [0.05, 0.1) is 6.54 Å². The number of nitrogens with one attached hydrogen (secondary N) is 1. The van der Waals surface area contributed by atoms with Gasteiger partial charge in [0, 0.05) is 18.3 Å². The second-order valence-electron chi connectivity index (χ2n) is 7.24. The molecule has 3 aromatic rings. The van der Waals surface area contributed by atoms with Crippen LogP contribution in [0.25, 0.3) is 11.1 Å². The molecule has 0 aliphatic heterocycles. The van der Waals surface area contributed by atoms with Gasteiger partial charge in [-0.25, -0.2) is 4.68 Å². The molecular formula is C22H22N4O5. The standard InChI is InChI=1S/C22H22N4O5/c1-13(2)19-20(29)18(21(30)24-11-17(27)28)22(31)26(25-19)12-14-3-5-15(6-4-14)16-7-9-23-10-8-16/h3-10,13,29H,11-12H2,1-2H3,(H,24,30)(H,27,28). The summed E-state index contributed by atoms with van der Waals surface area (Å²) in [6.45, 7) is 2.93. The number of rotatable bonds is 7. The Kier molecular flexibility index (Phi) is 6.44. The van der Waals surface area contributed by atoms with Gasteiger partial charge in [-0.2, -0.15) is 5.10 Å². The highest BCUT2D eigenvalue weighted by atomic mass is 16.4. The number of carbonyl (C=O) groups is 2. The molecule has 3 N–H and O–H groups in total. The average molecular weight is 422 g/mol. The lowest BCUT2D eigenvalue weighted by molar-refractivity contribution is -0.135. The largest absolute Gasteiger partial charge is 0.505 e. The molecule has 0 aliphatic rings. The van der Waals surface area contributed by atoms with Crippen molar-refractivity contribution in [3.63, 3.8) is 0 Å². The predicted octanol–water partition coefficient (Wildman–Crippen LogP) is 2.00. The minimum Gasteiger partial charge on any atom is -0.505 e. The smallest absolute Gasteiger partial charge is 0.322 e. The summed E-state index contributed by atoms with van der Waals surface area (Å²) in [5.41, 5.74) is 1.60. The predicted molar refractivity (Wildman–Crippen MR) is 113 cm³/mol. The lowest BCUT2D eigenvalue weighted by atomic mass is 10.0. The minimum absolute atomic E-state index is 0.0780. The van der Waals surface area contributed by atoms with Gasteiger partial charge in [-0.15, -0.1) is 0 Å². The molecule has 0 radical (unpaired) electrons. The Labute approximate surface area is 178 Å². The molecule has 3 rings (SSSR count). The van der Waals surface area contributed by atoms with Gasteiger partial charge in [0.15, 0.2) is 5.75 Å². The van der Waals surface area contributed by atoms with Crippen LogP contribution < -0.4 is 10.9 Å². The van der Waals surface area contributed by atoms with Crippen molar-refractivity contribution >= 4 is 11.9 Å². The number of nitrogens with zero attached hydrogens (tertiary/aromatic N) is 3. The summed E-state index contributed by atoms with van der Waals surface area (Å²) in [6.07, 6.45) is 3.40. The van der Waals surface area contributed by atoms with Crippen molar-refractivity contribution in [2.45, 2.75) is 26.3 Å². The molecule has 9 nitrogen and oxygen atoms in total. The fourth-order valence-corrected chi connectivity index (χ4v) is 3.05. The first kappa shape index (κ1) is 21.7. The number of carboxylic acids is 1. The fourth-order valence-electron chi connectivity index (χ4n) is 3.05. The van der Waals surface area contributed by atoms with Crippen LogP contribution >= 0.6 is 0 Å². The summed E-state index contributed by atoms with van der Waals surface area (Å²) in [6, 6.07) is 11.3. The number of carbonyl (C=O) groups excluding carboxylic acids is 1. The Morgan fingerprint density at radius 2 is 1.68 bits per heavy atom. The van der Waals surface area contributed by atoms with E-state index in [1.54, 1.807) is 26.2 Å². The van der Waals surface area contributed by atoms with Gasteiger partial charge in [-0.1, -0.05) is 38.1 Å². The molecule has 0 saturated carbocycles. The molecule has 1 aromatic carbocycles. The van der Waals surface area contributed by atoms with Crippen LogP contribution in [0.1, 0.15) is 41.4 Å². The monoisotopic (exact) mass is 422 g/mol. The van der Waals surface area contributed by atoms with E-state index in [4.69, 9.17) is 5.11 Å². The number of amides is 1. The Morgan fingerprint density at radius 1 is 1.06 bits per heavy atom. The maximum atomic E-state index is 12.9. The molecule has 0 unspecified atom stereocenters. The van der Waals surface area contributed by atoms with Gasteiger partial charge >= 0.3 is 5.97 Å². The third-order valence-electron chi connectivity index (χ3n) is 4.63. The van der Waals surface area contributed by atoms with Crippen LogP contribution in [0.4, 0.5) is 0 Å². The summed E-state index contributed by atoms with van der Waals surface area (Å²) >= 11 is 0. The zero-order valence-electron chi connectivity index (χ0n) is 17.1. The van der Waals surface area contributed by atoms with Gasteiger partial charge in [-0.3, -0.25) is 19.4 Å². The average Bonchev–Trinajstić information content (AvgIpc) is 2.75. The molecule has 160 valence electrons. The molecule has 9 heteroatoms. The van der Waals surface area contributed by atoms with E-state index >= 15 is 0 Å². The van der Waals surface area contributed by atoms with Crippen molar-refractivity contribution in [3.8, 4) is 16.9 Å². The molecule has 0 fully saturated rings. The highest BCUT2D eigenvalue weighted by Crippen LogP contribution is 2.25. The second-order valence-corrected chi connectivity index (χ2v) is 7.24. The summed E-state index contributed by atoms with van der Waals surface area (Å²) < 4.78 is 1.10. The number of hydrogen-bond acceptors (Lipinski definition) is 6. The third kappa shape index (κ3) is 4.95. The van der Waals surface area contributed by atoms with Crippen LogP contribution in [0.2, 0.25) is 0 Å². The maximum absolute atomic E-state index is 12.9. The van der Waals surface area contributed by atoms with E-state index < -0.39 is 35.3 Å². The second kappa shape index (κ2) is 9.21. The number of hydrogen-bond donors (Lipinski definition) is 3. The molecule has 0 saturated heterocycles. The SMILES string of the molecule is CC(C)c1nn(Cc2ccc(-c3ccncc3)cc2)c(=O)c(C(=O)NCC(=O)O)c1O. The van der Waals surface area contributed by atoms with Crippen LogP contribution in [-0.4, -0.2) is 43.4 Å². The molecule has 2 aromatic heterocycles. The maximum Gasteiger partial charge on any atom is 0.322 e. The molecular weight excluding hydrogens is 400 g/mol. The van der Waals surface area contributed by atoms with Crippen molar-refractivity contribution in [3.05, 3.63) is 76.0 Å². The fraction of sp³-hybridized carbons (Fsp3) is 0.227. The zero-order chi connectivity index (χ0) is 22.5. The molecule has 0 aliphatic carbocycles. The van der Waals surface area contributed by atoms with Gasteiger partial charge in [0.25, 0.3) is 11.5 Å². The molecule has 31 heavy (non-hydrogen) atoms. The van der Waals surface area contributed by atoms with E-state index in [1.807, 2.05) is 36.4 Å². The van der Waals surface area contributed by atoms with E-state index in [2.05, 4.69) is 15.4 Å². The van der Waals surface area contributed by atoms with Gasteiger partial charge < -0.3 is 15.5 Å². The summed E-state index contributed by atoms with van der Waals surface area (Å²) in [5.74, 6) is -3.03. The van der Waals surface area contributed by atoms with Crippen LogP contribution in [0.15, 0.2) is 53.6 Å². The Bertz CT molecular complexity index is 1160. The Balaban J connectivity index is 1.96. The zero-order valence-corrected chi connectivity index (χ0v) is 17.1. The number of aromatic nitrogens is 3. The van der Waals surface area contributed by atoms with E-state index in [1.165, 1.54) is 0 Å². The number of aromatic hydroxyl groups is 1. The van der Waals surface area contributed by atoms with Crippen molar-refractivity contribution in [2.75, 3.05) is 6.54 Å². The van der Waals surface area contributed by atoms with Crippen molar-refractivity contribution in [2.24, 2.45) is 0 Å². The van der Waals surface area contributed by atoms with Gasteiger partial charge in [-0.05, 0) is 28.8 Å². The minimum atomic E-state index is -1.26. The molecule has 0 bridgehead atoms. The highest BCUT2D eigenvalue weighted by molar-refractivity contribution is 5.98. The van der Waals surface area contributed by atoms with Gasteiger partial charge in [0.1, 0.15) is 17.8 Å². The highest BCUT2D eigenvalue weighted by Gasteiger charge is 2.24. The normalized spacial score (nSPS) is 10.8. The summed E-state index contributed by atoms with van der Waals surface area (Å²) in [5, 5.41) is 25.6. The van der Waals surface area contributed by atoms with E-state index in [0.717, 1.165) is 21.4 Å². The lowest BCUT2D eigenvalue weighted by Crippen LogP contribution is -2.37. The lowest BCUT2D eigenvalue weighted by Gasteiger charge is -2.15. The number of pyridine rings is 1. The number of benzene rings is 1. The van der Waals surface area contributed by atoms with Crippen molar-refractivity contribution < 1.29 is 19.8 Å². The van der Waals surface area contributed by atoms with E-state index in [-0.39, 0.29) is 18.2 Å². The van der Waals surface area contributed by atoms with Crippen LogP contribution in [-0.2, 0) is 11.3 Å². The Morgan fingerprint density at radius 3 is 2.26 bits per heavy atom. The molecule has 1 amide bonds. The summed E-state index contributed by atoms with van der Waals surface area (Å²) in [7, 11) is 0. The van der Waals surface area contributed by atoms with Crippen molar-refractivity contribution in [1.82, 2.24) is 20.1 Å². The first-order chi connectivity index (χ1) is 14.8. The molecule has 0 atom stereocenters. The van der Waals surface area contributed by atoms with E-state index in [0.29, 0.717) is 0 Å². The quantitative estimate of drug-likeness (QED) is 0.530. The summed E-state index contributed by atoms with van der Waals surface area (Å²) in [4.78, 5) is 40.0. The molecule has 0 spiro atoms.